The Morgan fingerprint density at radius 2 is 2.25 bits per heavy atom. The second-order valence-electron chi connectivity index (χ2n) is 4.11. The normalized spacial score (nSPS) is 25.9. The van der Waals surface area contributed by atoms with Crippen LogP contribution < -0.4 is 11.1 Å². The smallest absolute Gasteiger partial charge is 0.181 e. The first-order valence-electron chi connectivity index (χ1n) is 5.49. The van der Waals surface area contributed by atoms with Crippen LogP contribution in [0.1, 0.15) is 30.6 Å². The number of nitrogens with one attached hydrogen (secondary N) is 1. The molecule has 0 aromatic carbocycles. The van der Waals surface area contributed by atoms with Gasteiger partial charge in [-0.3, -0.25) is 0 Å². The summed E-state index contributed by atoms with van der Waals surface area (Å²) in [5.41, 5.74) is 5.56. The zero-order valence-electron chi connectivity index (χ0n) is 8.95. The largest absolute Gasteiger partial charge is 0.392 e. The third-order valence-electron chi connectivity index (χ3n) is 2.92. The van der Waals surface area contributed by atoms with Gasteiger partial charge in [0, 0.05) is 12.6 Å². The van der Waals surface area contributed by atoms with Crippen molar-refractivity contribution >= 4 is 28.1 Å². The third kappa shape index (κ3) is 2.85. The summed E-state index contributed by atoms with van der Waals surface area (Å²) in [6.07, 6.45) is 3.96. The van der Waals surface area contributed by atoms with Gasteiger partial charge in [-0.25, -0.2) is 4.98 Å². The summed E-state index contributed by atoms with van der Waals surface area (Å²) < 4.78 is 0. The zero-order valence-corrected chi connectivity index (χ0v) is 10.5. The number of hydrogen-bond donors (Lipinski definition) is 3. The Bertz CT molecular complexity index is 358. The highest BCUT2D eigenvalue weighted by atomic mass is 35.5. The number of aliphatic hydroxyl groups is 1. The lowest BCUT2D eigenvalue weighted by atomic mass is 9.93. The minimum absolute atomic E-state index is 0.174. The summed E-state index contributed by atoms with van der Waals surface area (Å²) in [5.74, 6) is 0. The van der Waals surface area contributed by atoms with Gasteiger partial charge in [0.25, 0.3) is 0 Å². The molecular weight excluding hydrogens is 246 g/mol. The first-order valence-corrected chi connectivity index (χ1v) is 6.68. The Morgan fingerprint density at radius 1 is 1.50 bits per heavy atom. The maximum atomic E-state index is 9.79. The summed E-state index contributed by atoms with van der Waals surface area (Å²) in [7, 11) is 0. The fourth-order valence-corrected chi connectivity index (χ4v) is 3.03. The molecule has 1 aromatic rings. The van der Waals surface area contributed by atoms with Crippen molar-refractivity contribution in [1.82, 2.24) is 10.3 Å². The van der Waals surface area contributed by atoms with Gasteiger partial charge in [-0.05, 0) is 12.8 Å². The van der Waals surface area contributed by atoms with Crippen molar-refractivity contribution in [2.75, 3.05) is 5.73 Å². The van der Waals surface area contributed by atoms with Crippen LogP contribution in [-0.2, 0) is 6.54 Å². The van der Waals surface area contributed by atoms with Crippen molar-refractivity contribution < 1.29 is 5.11 Å². The molecule has 0 saturated heterocycles. The molecule has 1 saturated carbocycles. The van der Waals surface area contributed by atoms with E-state index >= 15 is 0 Å². The number of nitrogens with zero attached hydrogens (tertiary/aromatic N) is 1. The van der Waals surface area contributed by atoms with Crippen LogP contribution in [0.25, 0.3) is 0 Å². The van der Waals surface area contributed by atoms with Crippen molar-refractivity contribution in [2.24, 2.45) is 0 Å². The number of anilines is 1. The number of aliphatic hydroxyl groups excluding tert-OH is 1. The Labute approximate surface area is 104 Å². The molecule has 0 aliphatic heterocycles. The molecule has 1 heterocycles. The SMILES string of the molecule is Nc1nc(Cl)c(CN[C@H]2CCCC[C@@H]2O)s1. The first kappa shape index (κ1) is 12.1. The van der Waals surface area contributed by atoms with E-state index in [4.69, 9.17) is 17.3 Å². The predicted octanol–water partition coefficient (Wildman–Crippen LogP) is 1.77. The van der Waals surface area contributed by atoms with Crippen molar-refractivity contribution in [2.45, 2.75) is 44.4 Å². The van der Waals surface area contributed by atoms with E-state index in [0.717, 1.165) is 24.1 Å². The minimum Gasteiger partial charge on any atom is -0.392 e. The molecule has 4 N–H and O–H groups in total. The molecule has 0 spiro atoms. The van der Waals surface area contributed by atoms with Gasteiger partial charge in [0.2, 0.25) is 0 Å². The Balaban J connectivity index is 1.89. The number of aromatic nitrogens is 1. The minimum atomic E-state index is -0.238. The van der Waals surface area contributed by atoms with Crippen LogP contribution in [0.5, 0.6) is 0 Å². The van der Waals surface area contributed by atoms with Gasteiger partial charge >= 0.3 is 0 Å². The topological polar surface area (TPSA) is 71.2 Å². The molecule has 0 unspecified atom stereocenters. The molecule has 0 bridgehead atoms. The van der Waals surface area contributed by atoms with E-state index in [1.807, 2.05) is 0 Å². The quantitative estimate of drug-likeness (QED) is 0.776. The average Bonchev–Trinajstić information content (AvgIpc) is 2.56. The van der Waals surface area contributed by atoms with Gasteiger partial charge in [0.05, 0.1) is 11.0 Å². The molecule has 2 rings (SSSR count). The van der Waals surface area contributed by atoms with E-state index < -0.39 is 0 Å². The lowest BCUT2D eigenvalue weighted by molar-refractivity contribution is 0.0904. The maximum absolute atomic E-state index is 9.79. The lowest BCUT2D eigenvalue weighted by Gasteiger charge is -2.28. The van der Waals surface area contributed by atoms with Crippen LogP contribution >= 0.6 is 22.9 Å². The Kier molecular flexibility index (Phi) is 4.02. The molecule has 1 aliphatic carbocycles. The zero-order chi connectivity index (χ0) is 11.5. The van der Waals surface area contributed by atoms with Crippen LogP contribution in [0.15, 0.2) is 0 Å². The highest BCUT2D eigenvalue weighted by molar-refractivity contribution is 7.15. The molecule has 2 atom stereocenters. The molecule has 16 heavy (non-hydrogen) atoms. The van der Waals surface area contributed by atoms with Crippen LogP contribution in [0.2, 0.25) is 5.15 Å². The second kappa shape index (κ2) is 5.31. The number of rotatable bonds is 3. The van der Waals surface area contributed by atoms with E-state index in [0.29, 0.717) is 16.8 Å². The molecule has 1 aliphatic rings. The molecule has 6 heteroatoms. The van der Waals surface area contributed by atoms with Gasteiger partial charge in [-0.1, -0.05) is 35.8 Å². The number of thiazole rings is 1. The van der Waals surface area contributed by atoms with E-state index in [1.165, 1.54) is 17.8 Å². The number of nitrogen functional groups attached to an aromatic ring is 1. The van der Waals surface area contributed by atoms with Gasteiger partial charge in [-0.2, -0.15) is 0 Å². The van der Waals surface area contributed by atoms with Crippen LogP contribution in [-0.4, -0.2) is 22.2 Å². The summed E-state index contributed by atoms with van der Waals surface area (Å²) in [5, 5.41) is 14.1. The molecule has 4 nitrogen and oxygen atoms in total. The standard InChI is InChI=1S/C10H16ClN3OS/c11-9-8(16-10(12)14-9)5-13-6-3-1-2-4-7(6)15/h6-7,13,15H,1-5H2,(H2,12,14)/t6-,7-/m0/s1. The van der Waals surface area contributed by atoms with Crippen molar-refractivity contribution in [1.29, 1.82) is 0 Å². The van der Waals surface area contributed by atoms with Crippen molar-refractivity contribution in [3.63, 3.8) is 0 Å². The number of nitrogens with two attached hydrogens (primary N) is 1. The summed E-state index contributed by atoms with van der Waals surface area (Å²) in [6, 6.07) is 0.174. The maximum Gasteiger partial charge on any atom is 0.181 e. The second-order valence-corrected chi connectivity index (χ2v) is 5.58. The highest BCUT2D eigenvalue weighted by Crippen LogP contribution is 2.25. The van der Waals surface area contributed by atoms with Crippen LogP contribution in [0.3, 0.4) is 0 Å². The third-order valence-corrected chi connectivity index (χ3v) is 4.23. The lowest BCUT2D eigenvalue weighted by Crippen LogP contribution is -2.41. The highest BCUT2D eigenvalue weighted by Gasteiger charge is 2.22. The fraction of sp³-hybridized carbons (Fsp3) is 0.700. The molecule has 1 fully saturated rings. The van der Waals surface area contributed by atoms with Crippen molar-refractivity contribution in [3.8, 4) is 0 Å². The molecular formula is C10H16ClN3OS. The van der Waals surface area contributed by atoms with Gasteiger partial charge in [0.1, 0.15) is 5.15 Å². The first-order chi connectivity index (χ1) is 7.66. The van der Waals surface area contributed by atoms with Crippen LogP contribution in [0.4, 0.5) is 5.13 Å². The van der Waals surface area contributed by atoms with E-state index in [-0.39, 0.29) is 12.1 Å². The van der Waals surface area contributed by atoms with Gasteiger partial charge < -0.3 is 16.2 Å². The average molecular weight is 262 g/mol. The Morgan fingerprint density at radius 3 is 2.88 bits per heavy atom. The van der Waals surface area contributed by atoms with Crippen molar-refractivity contribution in [3.05, 3.63) is 10.0 Å². The molecule has 1 aromatic heterocycles. The molecule has 90 valence electrons. The summed E-state index contributed by atoms with van der Waals surface area (Å²) >= 11 is 7.31. The fourth-order valence-electron chi connectivity index (χ4n) is 2.03. The predicted molar refractivity (Wildman–Crippen MR) is 66.6 cm³/mol. The Hall–Kier alpha value is -0.360. The van der Waals surface area contributed by atoms with Gasteiger partial charge in [-0.15, -0.1) is 0 Å². The van der Waals surface area contributed by atoms with E-state index in [1.54, 1.807) is 0 Å². The number of halogens is 1. The summed E-state index contributed by atoms with van der Waals surface area (Å²) in [6.45, 7) is 0.634. The molecule has 0 radical (unpaired) electrons. The molecule has 0 amide bonds. The van der Waals surface area contributed by atoms with E-state index in [2.05, 4.69) is 10.3 Å². The monoisotopic (exact) mass is 261 g/mol. The van der Waals surface area contributed by atoms with Gasteiger partial charge in [0.15, 0.2) is 5.13 Å². The van der Waals surface area contributed by atoms with E-state index in [9.17, 15) is 5.11 Å². The summed E-state index contributed by atoms with van der Waals surface area (Å²) in [4.78, 5) is 4.89. The van der Waals surface area contributed by atoms with Crippen LogP contribution in [0, 0.1) is 0 Å². The number of hydrogen-bond acceptors (Lipinski definition) is 5.